The second-order valence-corrected chi connectivity index (χ2v) is 9.22. The zero-order valence-corrected chi connectivity index (χ0v) is 18.4. The lowest BCUT2D eigenvalue weighted by Crippen LogP contribution is -2.53. The third kappa shape index (κ3) is 3.12. The summed E-state index contributed by atoms with van der Waals surface area (Å²) < 4.78 is 0. The highest BCUT2D eigenvalue weighted by Crippen LogP contribution is 2.57. The lowest BCUT2D eigenvalue weighted by Gasteiger charge is -2.46. The van der Waals surface area contributed by atoms with Crippen molar-refractivity contribution in [3.63, 3.8) is 0 Å². The van der Waals surface area contributed by atoms with E-state index in [1.54, 1.807) is 6.92 Å². The van der Waals surface area contributed by atoms with E-state index in [2.05, 4.69) is 6.92 Å². The van der Waals surface area contributed by atoms with Crippen LogP contribution < -0.4 is 0 Å². The van der Waals surface area contributed by atoms with Gasteiger partial charge in [-0.3, -0.25) is 14.4 Å². The molecule has 6 nitrogen and oxygen atoms in total. The van der Waals surface area contributed by atoms with Gasteiger partial charge in [0.15, 0.2) is 0 Å². The maximum absolute atomic E-state index is 13.4. The molecule has 1 aromatic carbocycles. The lowest BCUT2D eigenvalue weighted by molar-refractivity contribution is -0.141. The maximum Gasteiger partial charge on any atom is 0.253 e. The molecule has 3 heterocycles. The molecule has 3 saturated heterocycles. The van der Waals surface area contributed by atoms with Crippen LogP contribution in [0.1, 0.15) is 56.0 Å². The lowest BCUT2D eigenvalue weighted by atomic mass is 9.60. The van der Waals surface area contributed by atoms with E-state index in [-0.39, 0.29) is 23.1 Å². The SMILES string of the molecule is CCc1ccc(C(=O)N2CCC3(CC2)CN(C(C)=O)C[C@]32CCN(CC)C2=O)cc1. The summed E-state index contributed by atoms with van der Waals surface area (Å²) in [4.78, 5) is 44.4. The van der Waals surface area contributed by atoms with Gasteiger partial charge in [-0.25, -0.2) is 0 Å². The summed E-state index contributed by atoms with van der Waals surface area (Å²) in [6.45, 7) is 9.66. The van der Waals surface area contributed by atoms with Crippen LogP contribution in [0.25, 0.3) is 0 Å². The molecule has 30 heavy (non-hydrogen) atoms. The minimum atomic E-state index is -0.480. The molecule has 3 aliphatic rings. The van der Waals surface area contributed by atoms with Crippen molar-refractivity contribution in [3.8, 4) is 0 Å². The van der Waals surface area contributed by atoms with Crippen LogP contribution in [-0.2, 0) is 16.0 Å². The van der Waals surface area contributed by atoms with Crippen molar-refractivity contribution >= 4 is 17.7 Å². The molecule has 0 bridgehead atoms. The quantitative estimate of drug-likeness (QED) is 0.768. The smallest absolute Gasteiger partial charge is 0.253 e. The molecule has 3 fully saturated rings. The fraction of sp³-hybridized carbons (Fsp3) is 0.625. The summed E-state index contributed by atoms with van der Waals surface area (Å²) in [5.74, 6) is 0.322. The average Bonchev–Trinajstić information content (AvgIpc) is 3.26. The van der Waals surface area contributed by atoms with Gasteiger partial charge in [-0.2, -0.15) is 0 Å². The van der Waals surface area contributed by atoms with Crippen molar-refractivity contribution < 1.29 is 14.4 Å². The van der Waals surface area contributed by atoms with Gasteiger partial charge in [0, 0.05) is 57.2 Å². The number of hydrogen-bond acceptors (Lipinski definition) is 3. The van der Waals surface area contributed by atoms with Crippen molar-refractivity contribution in [1.82, 2.24) is 14.7 Å². The molecule has 1 atom stereocenters. The van der Waals surface area contributed by atoms with E-state index < -0.39 is 5.41 Å². The van der Waals surface area contributed by atoms with Crippen molar-refractivity contribution in [2.24, 2.45) is 10.8 Å². The summed E-state index contributed by atoms with van der Waals surface area (Å²) in [5.41, 5.74) is 1.25. The first kappa shape index (κ1) is 20.9. The molecule has 162 valence electrons. The van der Waals surface area contributed by atoms with Crippen LogP contribution in [0.15, 0.2) is 24.3 Å². The largest absolute Gasteiger partial charge is 0.342 e. The van der Waals surface area contributed by atoms with E-state index >= 15 is 0 Å². The number of aryl methyl sites for hydroxylation is 1. The average molecular weight is 412 g/mol. The summed E-state index contributed by atoms with van der Waals surface area (Å²) in [5, 5.41) is 0. The van der Waals surface area contributed by atoms with Gasteiger partial charge in [-0.05, 0) is 50.3 Å². The minimum absolute atomic E-state index is 0.0449. The van der Waals surface area contributed by atoms with Crippen LogP contribution in [0.3, 0.4) is 0 Å². The summed E-state index contributed by atoms with van der Waals surface area (Å²) in [6.07, 6.45) is 3.33. The second-order valence-electron chi connectivity index (χ2n) is 9.22. The second kappa shape index (κ2) is 7.71. The molecule has 0 saturated carbocycles. The molecule has 0 aliphatic carbocycles. The number of nitrogens with zero attached hydrogens (tertiary/aromatic N) is 3. The number of piperidine rings is 1. The summed E-state index contributed by atoms with van der Waals surface area (Å²) >= 11 is 0. The van der Waals surface area contributed by atoms with Gasteiger partial charge >= 0.3 is 0 Å². The van der Waals surface area contributed by atoms with Crippen molar-refractivity contribution in [2.45, 2.75) is 46.5 Å². The molecule has 0 unspecified atom stereocenters. The number of hydrogen-bond donors (Lipinski definition) is 0. The standard InChI is InChI=1S/C24H33N3O3/c1-4-19-6-8-20(9-7-19)21(29)26-13-10-23(11-14-26)16-27(18(3)28)17-24(23)12-15-25(5-2)22(24)30/h6-9H,4-5,10-17H2,1-3H3/t24-/m0/s1. The van der Waals surface area contributed by atoms with Crippen molar-refractivity contribution in [1.29, 1.82) is 0 Å². The van der Waals surface area contributed by atoms with Crippen LogP contribution in [-0.4, -0.2) is 71.7 Å². The molecule has 0 N–H and O–H groups in total. The zero-order chi connectivity index (χ0) is 21.5. The molecule has 2 spiro atoms. The van der Waals surface area contributed by atoms with Gasteiger partial charge in [0.05, 0.1) is 5.41 Å². The monoisotopic (exact) mass is 411 g/mol. The number of fused-ring (bicyclic) bond motifs is 1. The molecular weight excluding hydrogens is 378 g/mol. The van der Waals surface area contributed by atoms with Crippen molar-refractivity contribution in [2.75, 3.05) is 39.3 Å². The number of carbonyl (C=O) groups is 3. The molecule has 3 aliphatic heterocycles. The Kier molecular flexibility index (Phi) is 5.37. The molecular formula is C24H33N3O3. The Labute approximate surface area is 179 Å². The molecule has 1 aromatic rings. The molecule has 6 heteroatoms. The van der Waals surface area contributed by atoms with Crippen LogP contribution in [0.4, 0.5) is 0 Å². The zero-order valence-electron chi connectivity index (χ0n) is 18.4. The number of amides is 3. The summed E-state index contributed by atoms with van der Waals surface area (Å²) in [6, 6.07) is 7.87. The summed E-state index contributed by atoms with van der Waals surface area (Å²) in [7, 11) is 0. The number of rotatable bonds is 3. The first-order valence-electron chi connectivity index (χ1n) is 11.3. The van der Waals surface area contributed by atoms with E-state index in [4.69, 9.17) is 0 Å². The van der Waals surface area contributed by atoms with E-state index in [9.17, 15) is 14.4 Å². The van der Waals surface area contributed by atoms with E-state index in [0.717, 1.165) is 44.3 Å². The molecule has 4 rings (SSSR count). The molecule has 3 amide bonds. The Morgan fingerprint density at radius 1 is 0.933 bits per heavy atom. The fourth-order valence-corrected chi connectivity index (χ4v) is 5.91. The third-order valence-corrected chi connectivity index (χ3v) is 7.92. The predicted molar refractivity (Wildman–Crippen MR) is 115 cm³/mol. The topological polar surface area (TPSA) is 60.9 Å². The van der Waals surface area contributed by atoms with Crippen LogP contribution in [0, 0.1) is 10.8 Å². The number of likely N-dealkylation sites (tertiary alicyclic amines) is 3. The minimum Gasteiger partial charge on any atom is -0.342 e. The number of benzene rings is 1. The normalized spacial score (nSPS) is 25.6. The Morgan fingerprint density at radius 2 is 1.60 bits per heavy atom. The Hall–Kier alpha value is -2.37. The predicted octanol–water partition coefficient (Wildman–Crippen LogP) is 2.57. The number of carbonyl (C=O) groups excluding carboxylic acids is 3. The Balaban J connectivity index is 1.54. The Bertz CT molecular complexity index is 842. The molecule has 0 aromatic heterocycles. The highest BCUT2D eigenvalue weighted by molar-refractivity contribution is 5.94. The van der Waals surface area contributed by atoms with Crippen molar-refractivity contribution in [3.05, 3.63) is 35.4 Å². The Morgan fingerprint density at radius 3 is 2.13 bits per heavy atom. The van der Waals surface area contributed by atoms with Crippen LogP contribution in [0.2, 0.25) is 0 Å². The van der Waals surface area contributed by atoms with E-state index in [0.29, 0.717) is 26.2 Å². The van der Waals surface area contributed by atoms with Gasteiger partial charge in [0.2, 0.25) is 11.8 Å². The van der Waals surface area contributed by atoms with Gasteiger partial charge < -0.3 is 14.7 Å². The highest BCUT2D eigenvalue weighted by atomic mass is 16.2. The molecule has 0 radical (unpaired) electrons. The van der Waals surface area contributed by atoms with E-state index in [1.165, 1.54) is 5.56 Å². The maximum atomic E-state index is 13.4. The van der Waals surface area contributed by atoms with Gasteiger partial charge in [-0.15, -0.1) is 0 Å². The van der Waals surface area contributed by atoms with E-state index in [1.807, 2.05) is 45.9 Å². The van der Waals surface area contributed by atoms with Crippen LogP contribution in [0.5, 0.6) is 0 Å². The highest BCUT2D eigenvalue weighted by Gasteiger charge is 2.65. The van der Waals surface area contributed by atoms with Crippen LogP contribution >= 0.6 is 0 Å². The first-order valence-corrected chi connectivity index (χ1v) is 11.3. The first-order chi connectivity index (χ1) is 14.4. The third-order valence-electron chi connectivity index (χ3n) is 7.92. The van der Waals surface area contributed by atoms with Gasteiger partial charge in [0.1, 0.15) is 0 Å². The van der Waals surface area contributed by atoms with Gasteiger partial charge in [-0.1, -0.05) is 19.1 Å². The fourth-order valence-electron chi connectivity index (χ4n) is 5.91. The van der Waals surface area contributed by atoms with Gasteiger partial charge in [0.25, 0.3) is 5.91 Å².